The lowest BCUT2D eigenvalue weighted by Gasteiger charge is -2.27. The third kappa shape index (κ3) is 7.44. The van der Waals surface area contributed by atoms with Gasteiger partial charge in [-0.25, -0.2) is 9.18 Å². The van der Waals surface area contributed by atoms with Gasteiger partial charge in [-0.15, -0.1) is 0 Å². The first-order chi connectivity index (χ1) is 20.5. The maximum Gasteiger partial charge on any atom is 0.412 e. The molecule has 0 radical (unpaired) electrons. The van der Waals surface area contributed by atoms with E-state index in [1.807, 2.05) is 41.3 Å². The first-order valence-corrected chi connectivity index (χ1v) is 14.4. The molecule has 10 heteroatoms. The number of carbonyl (C=O) groups is 3. The summed E-state index contributed by atoms with van der Waals surface area (Å²) in [5, 5.41) is 6.18. The van der Waals surface area contributed by atoms with Crippen molar-refractivity contribution in [2.45, 2.75) is 19.4 Å². The van der Waals surface area contributed by atoms with Crippen LogP contribution in [-0.4, -0.2) is 80.1 Å². The first-order valence-electron chi connectivity index (χ1n) is 14.4. The highest BCUT2D eigenvalue weighted by Crippen LogP contribution is 2.30. The summed E-state index contributed by atoms with van der Waals surface area (Å²) in [7, 11) is 0. The molecular weight excluding hydrogens is 537 g/mol. The topological polar surface area (TPSA) is 94.2 Å². The zero-order valence-corrected chi connectivity index (χ0v) is 23.6. The van der Waals surface area contributed by atoms with Crippen LogP contribution in [0.4, 0.5) is 20.6 Å². The number of benzene rings is 3. The molecule has 0 saturated carbocycles. The minimum atomic E-state index is -0.624. The lowest BCUT2D eigenvalue weighted by Crippen LogP contribution is -2.35. The van der Waals surface area contributed by atoms with Crippen molar-refractivity contribution in [2.24, 2.45) is 0 Å². The Labute approximate surface area is 245 Å². The second-order valence-corrected chi connectivity index (χ2v) is 10.5. The third-order valence-corrected chi connectivity index (χ3v) is 7.52. The van der Waals surface area contributed by atoms with Crippen LogP contribution in [0, 0.1) is 5.82 Å². The van der Waals surface area contributed by atoms with Crippen LogP contribution in [0.5, 0.6) is 0 Å². The van der Waals surface area contributed by atoms with Gasteiger partial charge in [-0.1, -0.05) is 36.4 Å². The molecule has 0 atom stereocenters. The highest BCUT2D eigenvalue weighted by molar-refractivity contribution is 5.99. The maximum atomic E-state index is 13.7. The van der Waals surface area contributed by atoms with Gasteiger partial charge in [0.25, 0.3) is 11.8 Å². The van der Waals surface area contributed by atoms with Crippen LogP contribution >= 0.6 is 0 Å². The molecule has 0 unspecified atom stereocenters. The van der Waals surface area contributed by atoms with Gasteiger partial charge in [0.05, 0.1) is 11.4 Å². The molecular formula is C32H36FN5O4. The molecule has 220 valence electrons. The fraction of sp³-hybridized carbons (Fsp3) is 0.344. The Kier molecular flexibility index (Phi) is 9.66. The fourth-order valence-corrected chi connectivity index (χ4v) is 5.31. The smallest absolute Gasteiger partial charge is 0.412 e. The van der Waals surface area contributed by atoms with Gasteiger partial charge in [-0.3, -0.25) is 14.9 Å². The van der Waals surface area contributed by atoms with Crippen LogP contribution in [-0.2, 0) is 11.3 Å². The summed E-state index contributed by atoms with van der Waals surface area (Å²) in [6, 6.07) is 20.5. The summed E-state index contributed by atoms with van der Waals surface area (Å²) in [5.74, 6) is -0.751. The number of nitrogens with zero attached hydrogens (tertiary/aromatic N) is 3. The number of halogens is 1. The maximum absolute atomic E-state index is 13.7. The Morgan fingerprint density at radius 3 is 2.33 bits per heavy atom. The molecule has 2 heterocycles. The van der Waals surface area contributed by atoms with Crippen LogP contribution in [0.3, 0.4) is 0 Å². The van der Waals surface area contributed by atoms with Crippen molar-refractivity contribution in [3.63, 3.8) is 0 Å². The molecule has 2 N–H and O–H groups in total. The van der Waals surface area contributed by atoms with E-state index >= 15 is 0 Å². The number of anilines is 2. The van der Waals surface area contributed by atoms with Gasteiger partial charge in [0.15, 0.2) is 0 Å². The van der Waals surface area contributed by atoms with Crippen LogP contribution in [0.2, 0.25) is 0 Å². The second-order valence-electron chi connectivity index (χ2n) is 10.5. The molecule has 0 bridgehead atoms. The zero-order valence-electron chi connectivity index (χ0n) is 23.6. The van der Waals surface area contributed by atoms with Crippen LogP contribution in [0.25, 0.3) is 0 Å². The normalized spacial score (nSPS) is 15.9. The van der Waals surface area contributed by atoms with E-state index in [0.717, 1.165) is 30.8 Å². The molecule has 2 aliphatic rings. The predicted octanol–water partition coefficient (Wildman–Crippen LogP) is 4.36. The molecule has 3 aromatic carbocycles. The van der Waals surface area contributed by atoms with E-state index in [0.29, 0.717) is 62.5 Å². The number of carbonyl (C=O) groups excluding carboxylic acids is 3. The van der Waals surface area contributed by atoms with E-state index in [9.17, 15) is 18.8 Å². The number of rotatable bonds is 6. The van der Waals surface area contributed by atoms with Gasteiger partial charge in [-0.2, -0.15) is 0 Å². The van der Waals surface area contributed by atoms with E-state index < -0.39 is 11.9 Å². The Bertz CT molecular complexity index is 1390. The Morgan fingerprint density at radius 1 is 0.762 bits per heavy atom. The Morgan fingerprint density at radius 2 is 1.52 bits per heavy atom. The number of nitrogens with one attached hydrogen (secondary N) is 2. The van der Waals surface area contributed by atoms with E-state index in [-0.39, 0.29) is 18.4 Å². The molecule has 5 rings (SSSR count). The zero-order chi connectivity index (χ0) is 29.3. The average Bonchev–Trinajstić information content (AvgIpc) is 3.44. The summed E-state index contributed by atoms with van der Waals surface area (Å²) < 4.78 is 19.2. The summed E-state index contributed by atoms with van der Waals surface area (Å²) in [5.41, 5.74) is 2.87. The molecule has 42 heavy (non-hydrogen) atoms. The van der Waals surface area contributed by atoms with Crippen molar-refractivity contribution in [1.29, 1.82) is 0 Å². The highest BCUT2D eigenvalue weighted by Gasteiger charge is 2.24. The van der Waals surface area contributed by atoms with Crippen LogP contribution < -0.4 is 15.5 Å². The van der Waals surface area contributed by atoms with Gasteiger partial charge >= 0.3 is 6.09 Å². The molecule has 9 nitrogen and oxygen atoms in total. The SMILES string of the molecule is O=C(Nc1cc(C(=O)N2CCCNCC2)ccc1N1CCCN(C(=O)c2cccc(F)c2)CC1)OCc1ccccc1. The summed E-state index contributed by atoms with van der Waals surface area (Å²) in [6.07, 6.45) is 0.932. The van der Waals surface area contributed by atoms with Gasteiger partial charge in [0.1, 0.15) is 12.4 Å². The lowest BCUT2D eigenvalue weighted by molar-refractivity contribution is 0.0759. The Balaban J connectivity index is 1.34. The molecule has 0 spiro atoms. The number of amides is 3. The van der Waals surface area contributed by atoms with E-state index in [4.69, 9.17) is 4.74 Å². The standard InChI is InChI=1S/C32H36FN5O4/c33-27-10-4-9-25(21-27)30(39)38-17-6-16-36(19-20-38)29-12-11-26(31(40)37-15-5-13-34-14-18-37)22-28(29)35-32(41)42-23-24-7-2-1-3-8-24/h1-4,7-12,21-22,34H,5-6,13-20,23H2,(H,35,41). The Hall–Kier alpha value is -4.44. The first kappa shape index (κ1) is 29.1. The molecule has 2 aliphatic heterocycles. The van der Waals surface area contributed by atoms with Gasteiger partial charge in [-0.05, 0) is 61.3 Å². The van der Waals surface area contributed by atoms with Crippen molar-refractivity contribution in [3.8, 4) is 0 Å². The van der Waals surface area contributed by atoms with Crippen molar-refractivity contribution < 1.29 is 23.5 Å². The van der Waals surface area contributed by atoms with E-state index in [1.165, 1.54) is 18.2 Å². The van der Waals surface area contributed by atoms with Crippen molar-refractivity contribution in [1.82, 2.24) is 15.1 Å². The predicted molar refractivity (Wildman–Crippen MR) is 159 cm³/mol. The molecule has 2 saturated heterocycles. The third-order valence-electron chi connectivity index (χ3n) is 7.52. The molecule has 3 amide bonds. The lowest BCUT2D eigenvalue weighted by atomic mass is 10.1. The number of hydrogen-bond donors (Lipinski definition) is 2. The van der Waals surface area contributed by atoms with E-state index in [2.05, 4.69) is 15.5 Å². The van der Waals surface area contributed by atoms with Crippen molar-refractivity contribution in [3.05, 3.63) is 95.3 Å². The minimum Gasteiger partial charge on any atom is -0.444 e. The second kappa shape index (κ2) is 14.0. The van der Waals surface area contributed by atoms with Crippen molar-refractivity contribution >= 4 is 29.3 Å². The quantitative estimate of drug-likeness (QED) is 0.455. The molecule has 3 aromatic rings. The number of hydrogen-bond acceptors (Lipinski definition) is 6. The monoisotopic (exact) mass is 573 g/mol. The average molecular weight is 574 g/mol. The minimum absolute atomic E-state index is 0.0892. The summed E-state index contributed by atoms with van der Waals surface area (Å²) in [6.45, 7) is 5.08. The molecule has 0 aromatic heterocycles. The van der Waals surface area contributed by atoms with E-state index in [1.54, 1.807) is 23.1 Å². The van der Waals surface area contributed by atoms with Crippen molar-refractivity contribution in [2.75, 3.05) is 62.6 Å². The van der Waals surface area contributed by atoms with Crippen LogP contribution in [0.15, 0.2) is 72.8 Å². The summed E-state index contributed by atoms with van der Waals surface area (Å²) in [4.78, 5) is 45.0. The van der Waals surface area contributed by atoms with Gasteiger partial charge in [0, 0.05) is 56.9 Å². The summed E-state index contributed by atoms with van der Waals surface area (Å²) >= 11 is 0. The van der Waals surface area contributed by atoms with Crippen LogP contribution in [0.1, 0.15) is 39.1 Å². The molecule has 0 aliphatic carbocycles. The van der Waals surface area contributed by atoms with Gasteiger partial charge in [0.2, 0.25) is 0 Å². The largest absolute Gasteiger partial charge is 0.444 e. The fourth-order valence-electron chi connectivity index (χ4n) is 5.31. The number of ether oxygens (including phenoxy) is 1. The van der Waals surface area contributed by atoms with Gasteiger partial charge < -0.3 is 24.8 Å². The molecule has 2 fully saturated rings. The highest BCUT2D eigenvalue weighted by atomic mass is 19.1.